The molecule has 4 bridgehead atoms. The lowest BCUT2D eigenvalue weighted by molar-refractivity contribution is -0.0629. The van der Waals surface area contributed by atoms with E-state index >= 15 is 0 Å². The lowest BCUT2D eigenvalue weighted by atomic mass is 9.49. The van der Waals surface area contributed by atoms with Gasteiger partial charge in [0, 0.05) is 19.2 Å². The van der Waals surface area contributed by atoms with Crippen LogP contribution in [0.15, 0.2) is 12.1 Å². The second-order valence-electron chi connectivity index (χ2n) is 8.82. The summed E-state index contributed by atoms with van der Waals surface area (Å²) in [4.78, 5) is 14.9. The average molecular weight is 378 g/mol. The van der Waals surface area contributed by atoms with Gasteiger partial charge in [0.1, 0.15) is 0 Å². The Morgan fingerprint density at radius 3 is 2.35 bits per heavy atom. The minimum absolute atomic E-state index is 0.0522. The third-order valence-electron chi connectivity index (χ3n) is 6.66. The molecule has 0 atom stereocenters. The number of carbonyl (C=O) groups is 1. The minimum atomic E-state index is -0.103. The summed E-state index contributed by atoms with van der Waals surface area (Å²) in [5.41, 5.74) is 0.784. The maximum absolute atomic E-state index is 13.0. The maximum atomic E-state index is 13.0. The first-order valence-electron chi connectivity index (χ1n) is 9.80. The van der Waals surface area contributed by atoms with Gasteiger partial charge in [-0.2, -0.15) is 0 Å². The van der Waals surface area contributed by atoms with E-state index in [1.54, 1.807) is 6.07 Å². The van der Waals surface area contributed by atoms with Crippen molar-refractivity contribution in [1.82, 2.24) is 4.90 Å². The third-order valence-corrected chi connectivity index (χ3v) is 6.95. The van der Waals surface area contributed by atoms with Crippen LogP contribution in [0.25, 0.3) is 0 Å². The predicted octanol–water partition coefficient (Wildman–Crippen LogP) is 4.73. The number of nitrogens with zero attached hydrogens (tertiary/aromatic N) is 1. The summed E-state index contributed by atoms with van der Waals surface area (Å²) >= 11 is 6.10. The topological polar surface area (TPSA) is 49.8 Å². The lowest BCUT2D eigenvalue weighted by Crippen LogP contribution is -2.51. The van der Waals surface area contributed by atoms with Gasteiger partial charge >= 0.3 is 0 Å². The molecule has 0 spiro atoms. The predicted molar refractivity (Wildman–Crippen MR) is 102 cm³/mol. The van der Waals surface area contributed by atoms with Crippen molar-refractivity contribution in [3.05, 3.63) is 22.7 Å². The monoisotopic (exact) mass is 377 g/mol. The van der Waals surface area contributed by atoms with E-state index in [9.17, 15) is 9.90 Å². The molecule has 4 aliphatic rings. The van der Waals surface area contributed by atoms with Gasteiger partial charge in [0.15, 0.2) is 11.5 Å². The highest BCUT2D eigenvalue weighted by Crippen LogP contribution is 2.60. The van der Waals surface area contributed by atoms with Gasteiger partial charge in [0.25, 0.3) is 5.91 Å². The Morgan fingerprint density at radius 2 is 1.81 bits per heavy atom. The Balaban J connectivity index is 1.52. The van der Waals surface area contributed by atoms with Gasteiger partial charge in [0.05, 0.1) is 11.6 Å². The Bertz CT molecular complexity index is 682. The van der Waals surface area contributed by atoms with Gasteiger partial charge in [-0.1, -0.05) is 11.6 Å². The maximum Gasteiger partial charge on any atom is 0.253 e. The van der Waals surface area contributed by atoms with E-state index < -0.39 is 0 Å². The molecule has 4 nitrogen and oxygen atoms in total. The van der Waals surface area contributed by atoms with Crippen LogP contribution in [0.1, 0.15) is 55.8 Å². The van der Waals surface area contributed by atoms with E-state index in [0.717, 1.165) is 24.3 Å². The summed E-state index contributed by atoms with van der Waals surface area (Å²) in [7, 11) is 1.89. The van der Waals surface area contributed by atoms with Crippen LogP contribution in [0, 0.1) is 23.2 Å². The van der Waals surface area contributed by atoms with Crippen LogP contribution < -0.4 is 4.74 Å². The Kier molecular flexibility index (Phi) is 4.58. The number of halogens is 1. The molecule has 1 aromatic carbocycles. The molecular weight excluding hydrogens is 350 g/mol. The molecular formula is C21H28ClNO3. The number of benzene rings is 1. The van der Waals surface area contributed by atoms with Gasteiger partial charge in [0.2, 0.25) is 0 Å². The van der Waals surface area contributed by atoms with E-state index in [2.05, 4.69) is 0 Å². The molecule has 0 heterocycles. The standard InChI is InChI=1S/C21H28ClNO3/c1-3-26-18-8-16(7-17(22)19(18)24)20(25)23(2)12-21-9-13-4-14(10-21)6-15(5-13)11-21/h7-8,13-15,24H,3-6,9-12H2,1-2H3. The fourth-order valence-corrected chi connectivity index (χ4v) is 6.45. The molecule has 4 aliphatic carbocycles. The molecule has 5 rings (SSSR count). The molecule has 0 unspecified atom stereocenters. The van der Waals surface area contributed by atoms with Crippen molar-refractivity contribution < 1.29 is 14.6 Å². The number of amides is 1. The molecule has 26 heavy (non-hydrogen) atoms. The number of hydrogen-bond acceptors (Lipinski definition) is 3. The van der Waals surface area contributed by atoms with Crippen LogP contribution in [0.5, 0.6) is 11.5 Å². The van der Waals surface area contributed by atoms with Crippen LogP contribution in [-0.4, -0.2) is 36.1 Å². The zero-order valence-corrected chi connectivity index (χ0v) is 16.4. The molecule has 0 aliphatic heterocycles. The molecule has 4 saturated carbocycles. The molecule has 1 N–H and O–H groups in total. The summed E-state index contributed by atoms with van der Waals surface area (Å²) in [5.74, 6) is 2.73. The van der Waals surface area contributed by atoms with Gasteiger partial charge < -0.3 is 14.7 Å². The number of hydrogen-bond donors (Lipinski definition) is 1. The number of carbonyl (C=O) groups excluding carboxylic acids is 1. The number of phenols is 1. The number of ether oxygens (including phenoxy) is 1. The summed E-state index contributed by atoms with van der Waals surface area (Å²) in [6.45, 7) is 3.06. The Hall–Kier alpha value is -1.42. The fourth-order valence-electron chi connectivity index (χ4n) is 6.24. The zero-order valence-electron chi connectivity index (χ0n) is 15.6. The van der Waals surface area contributed by atoms with E-state index in [1.807, 2.05) is 18.9 Å². The van der Waals surface area contributed by atoms with Crippen LogP contribution >= 0.6 is 11.6 Å². The SMILES string of the molecule is CCOc1cc(C(=O)N(C)CC23CC4CC(CC(C4)C2)C3)cc(Cl)c1O. The summed E-state index contributed by atoms with van der Waals surface area (Å²) in [5, 5.41) is 10.2. The second-order valence-corrected chi connectivity index (χ2v) is 9.22. The van der Waals surface area contributed by atoms with Crippen LogP contribution in [-0.2, 0) is 0 Å². The third kappa shape index (κ3) is 3.17. The summed E-state index contributed by atoms with van der Waals surface area (Å²) < 4.78 is 5.42. The van der Waals surface area contributed by atoms with Crippen molar-refractivity contribution in [2.45, 2.75) is 45.4 Å². The second kappa shape index (κ2) is 6.63. The molecule has 1 amide bonds. The number of rotatable bonds is 5. The van der Waals surface area contributed by atoms with Crippen molar-refractivity contribution in [2.24, 2.45) is 23.2 Å². The van der Waals surface area contributed by atoms with Crippen LogP contribution in [0.4, 0.5) is 0 Å². The van der Waals surface area contributed by atoms with Crippen LogP contribution in [0.3, 0.4) is 0 Å². The summed E-state index contributed by atoms with van der Waals surface area (Å²) in [6, 6.07) is 3.14. The first-order chi connectivity index (χ1) is 12.4. The highest BCUT2D eigenvalue weighted by atomic mass is 35.5. The highest BCUT2D eigenvalue weighted by Gasteiger charge is 2.51. The minimum Gasteiger partial charge on any atom is -0.503 e. The normalized spacial score (nSPS) is 31.9. The average Bonchev–Trinajstić information content (AvgIpc) is 2.56. The molecule has 4 fully saturated rings. The molecule has 5 heteroatoms. The van der Waals surface area contributed by atoms with Crippen molar-refractivity contribution >= 4 is 17.5 Å². The van der Waals surface area contributed by atoms with Gasteiger partial charge in [-0.15, -0.1) is 0 Å². The summed E-state index contributed by atoms with van der Waals surface area (Å²) in [6.07, 6.45) is 8.04. The number of phenolic OH excluding ortho intramolecular Hbond substituents is 1. The van der Waals surface area contributed by atoms with Crippen molar-refractivity contribution in [1.29, 1.82) is 0 Å². The zero-order chi connectivity index (χ0) is 18.5. The Morgan fingerprint density at radius 1 is 1.23 bits per heavy atom. The first-order valence-corrected chi connectivity index (χ1v) is 10.2. The van der Waals surface area contributed by atoms with Gasteiger partial charge in [-0.25, -0.2) is 0 Å². The first kappa shape index (κ1) is 18.0. The molecule has 142 valence electrons. The van der Waals surface area contributed by atoms with Crippen LogP contribution in [0.2, 0.25) is 5.02 Å². The van der Waals surface area contributed by atoms with E-state index in [1.165, 1.54) is 44.6 Å². The smallest absolute Gasteiger partial charge is 0.253 e. The van der Waals surface area contributed by atoms with Gasteiger partial charge in [-0.3, -0.25) is 4.79 Å². The molecule has 0 aromatic heterocycles. The highest BCUT2D eigenvalue weighted by molar-refractivity contribution is 6.32. The largest absolute Gasteiger partial charge is 0.503 e. The Labute approximate surface area is 160 Å². The fraction of sp³-hybridized carbons (Fsp3) is 0.667. The van der Waals surface area contributed by atoms with E-state index in [4.69, 9.17) is 16.3 Å². The van der Waals surface area contributed by atoms with Crippen molar-refractivity contribution in [3.63, 3.8) is 0 Å². The molecule has 1 aromatic rings. The lowest BCUT2D eigenvalue weighted by Gasteiger charge is -2.57. The van der Waals surface area contributed by atoms with Gasteiger partial charge in [-0.05, 0) is 80.8 Å². The van der Waals surface area contributed by atoms with E-state index in [-0.39, 0.29) is 22.4 Å². The van der Waals surface area contributed by atoms with E-state index in [0.29, 0.717) is 17.6 Å². The van der Waals surface area contributed by atoms with Crippen molar-refractivity contribution in [2.75, 3.05) is 20.2 Å². The quantitative estimate of drug-likeness (QED) is 0.806. The number of aromatic hydroxyl groups is 1. The molecule has 0 saturated heterocycles. The molecule has 0 radical (unpaired) electrons. The van der Waals surface area contributed by atoms with Crippen molar-refractivity contribution in [3.8, 4) is 11.5 Å².